The van der Waals surface area contributed by atoms with Gasteiger partial charge in [-0.15, -0.1) is 0 Å². The SMILES string of the molecule is COc1ccc([C@@H](CNS(=O)(=O)c2ccc(F)c(Cl)c2)c2c[nH]c3ccccc23)cc1OC. The fourth-order valence-corrected chi connectivity index (χ4v) is 5.10. The fourth-order valence-electron chi connectivity index (χ4n) is 3.78. The lowest BCUT2D eigenvalue weighted by Crippen LogP contribution is -2.29. The van der Waals surface area contributed by atoms with Crippen LogP contribution in [-0.4, -0.2) is 34.2 Å². The van der Waals surface area contributed by atoms with Gasteiger partial charge in [-0.05, 0) is 47.5 Å². The van der Waals surface area contributed by atoms with E-state index in [9.17, 15) is 12.8 Å². The maximum absolute atomic E-state index is 13.5. The standard InChI is InChI=1S/C24H22ClFN2O4S/c1-31-23-10-7-15(11-24(23)32-2)18(19-13-27-22-6-4-3-5-17(19)22)14-28-33(29,30)16-8-9-21(26)20(25)12-16/h3-13,18,27-28H,14H2,1-2H3/t18-/m1/s1. The molecule has 1 heterocycles. The molecule has 2 N–H and O–H groups in total. The molecule has 0 unspecified atom stereocenters. The van der Waals surface area contributed by atoms with Crippen LogP contribution in [0.15, 0.2) is 71.8 Å². The largest absolute Gasteiger partial charge is 0.493 e. The first-order valence-electron chi connectivity index (χ1n) is 10.1. The Morgan fingerprint density at radius 3 is 2.52 bits per heavy atom. The normalized spacial score (nSPS) is 12.6. The van der Waals surface area contributed by atoms with Crippen molar-refractivity contribution in [1.82, 2.24) is 9.71 Å². The zero-order valence-corrected chi connectivity index (χ0v) is 19.5. The highest BCUT2D eigenvalue weighted by Gasteiger charge is 2.23. The maximum atomic E-state index is 13.5. The molecule has 0 bridgehead atoms. The number of sulfonamides is 1. The number of halogens is 2. The van der Waals surface area contributed by atoms with Crippen LogP contribution in [0.1, 0.15) is 17.0 Å². The summed E-state index contributed by atoms with van der Waals surface area (Å²) in [6, 6.07) is 16.6. The highest BCUT2D eigenvalue weighted by Crippen LogP contribution is 2.36. The summed E-state index contributed by atoms with van der Waals surface area (Å²) in [6.45, 7) is 0.0503. The second-order valence-corrected chi connectivity index (χ2v) is 9.56. The highest BCUT2D eigenvalue weighted by molar-refractivity contribution is 7.89. The van der Waals surface area contributed by atoms with Gasteiger partial charge in [-0.3, -0.25) is 0 Å². The average molecular weight is 489 g/mol. The molecule has 0 spiro atoms. The van der Waals surface area contributed by atoms with Crippen molar-refractivity contribution in [1.29, 1.82) is 0 Å². The van der Waals surface area contributed by atoms with E-state index in [0.29, 0.717) is 11.5 Å². The second-order valence-electron chi connectivity index (χ2n) is 7.38. The monoisotopic (exact) mass is 488 g/mol. The van der Waals surface area contributed by atoms with E-state index in [4.69, 9.17) is 21.1 Å². The topological polar surface area (TPSA) is 80.4 Å². The van der Waals surface area contributed by atoms with Gasteiger partial charge in [-0.25, -0.2) is 17.5 Å². The summed E-state index contributed by atoms with van der Waals surface area (Å²) < 4.78 is 52.8. The zero-order chi connectivity index (χ0) is 23.6. The Labute approximate surface area is 196 Å². The molecule has 172 valence electrons. The Morgan fingerprint density at radius 2 is 1.79 bits per heavy atom. The van der Waals surface area contributed by atoms with Gasteiger partial charge in [-0.2, -0.15) is 0 Å². The Hall–Kier alpha value is -3.07. The molecule has 0 amide bonds. The van der Waals surface area contributed by atoms with Crippen LogP contribution in [0.2, 0.25) is 5.02 Å². The van der Waals surface area contributed by atoms with Gasteiger partial charge in [0.05, 0.1) is 24.1 Å². The lowest BCUT2D eigenvalue weighted by atomic mass is 9.91. The third-order valence-corrected chi connectivity index (χ3v) is 7.20. The minimum atomic E-state index is -3.94. The van der Waals surface area contributed by atoms with E-state index in [1.807, 2.05) is 42.6 Å². The lowest BCUT2D eigenvalue weighted by Gasteiger charge is -2.20. The summed E-state index contributed by atoms with van der Waals surface area (Å²) in [5.74, 6) is 0.0674. The molecular formula is C24H22ClFN2O4S. The van der Waals surface area contributed by atoms with Crippen LogP contribution >= 0.6 is 11.6 Å². The highest BCUT2D eigenvalue weighted by atomic mass is 35.5. The van der Waals surface area contributed by atoms with E-state index in [1.165, 1.54) is 6.07 Å². The minimum absolute atomic E-state index is 0.0503. The number of nitrogens with one attached hydrogen (secondary N) is 2. The van der Waals surface area contributed by atoms with Crippen LogP contribution in [-0.2, 0) is 10.0 Å². The number of H-pyrrole nitrogens is 1. The molecule has 4 rings (SSSR count). The maximum Gasteiger partial charge on any atom is 0.240 e. The first kappa shape index (κ1) is 23.1. The third kappa shape index (κ3) is 4.68. The predicted octanol–water partition coefficient (Wildman–Crippen LogP) is 5.09. The fraction of sp³-hybridized carbons (Fsp3) is 0.167. The van der Waals surface area contributed by atoms with Crippen LogP contribution in [0.3, 0.4) is 0 Å². The Kier molecular flexibility index (Phi) is 6.60. The molecule has 0 aliphatic carbocycles. The number of para-hydroxylation sites is 1. The van der Waals surface area contributed by atoms with Gasteiger partial charge < -0.3 is 14.5 Å². The van der Waals surface area contributed by atoms with Crippen LogP contribution in [0, 0.1) is 5.82 Å². The third-order valence-electron chi connectivity index (χ3n) is 5.49. The molecule has 4 aromatic rings. The minimum Gasteiger partial charge on any atom is -0.493 e. The number of hydrogen-bond donors (Lipinski definition) is 2. The molecule has 0 aliphatic heterocycles. The summed E-state index contributed by atoms with van der Waals surface area (Å²) in [4.78, 5) is 3.13. The van der Waals surface area contributed by atoms with E-state index in [1.54, 1.807) is 20.3 Å². The second kappa shape index (κ2) is 9.43. The van der Waals surface area contributed by atoms with Gasteiger partial charge in [0.25, 0.3) is 0 Å². The van der Waals surface area contributed by atoms with Crippen molar-refractivity contribution in [2.45, 2.75) is 10.8 Å². The van der Waals surface area contributed by atoms with Gasteiger partial charge in [0.1, 0.15) is 5.82 Å². The van der Waals surface area contributed by atoms with Crippen molar-refractivity contribution in [3.8, 4) is 11.5 Å². The lowest BCUT2D eigenvalue weighted by molar-refractivity contribution is 0.354. The van der Waals surface area contributed by atoms with Crippen molar-refractivity contribution in [3.63, 3.8) is 0 Å². The molecule has 1 atom stereocenters. The van der Waals surface area contributed by atoms with Gasteiger partial charge in [0.15, 0.2) is 11.5 Å². The Bertz CT molecular complexity index is 1400. The van der Waals surface area contributed by atoms with Crippen molar-refractivity contribution in [3.05, 3.63) is 88.8 Å². The van der Waals surface area contributed by atoms with E-state index in [2.05, 4.69) is 9.71 Å². The van der Waals surface area contributed by atoms with Crippen molar-refractivity contribution < 1.29 is 22.3 Å². The number of rotatable bonds is 8. The molecule has 9 heteroatoms. The van der Waals surface area contributed by atoms with E-state index >= 15 is 0 Å². The predicted molar refractivity (Wildman–Crippen MR) is 126 cm³/mol. The number of hydrogen-bond acceptors (Lipinski definition) is 4. The average Bonchev–Trinajstić information content (AvgIpc) is 3.24. The van der Waals surface area contributed by atoms with Gasteiger partial charge in [0, 0.05) is 29.6 Å². The van der Waals surface area contributed by atoms with E-state index in [0.717, 1.165) is 34.2 Å². The summed E-state index contributed by atoms with van der Waals surface area (Å²) >= 11 is 5.79. The summed E-state index contributed by atoms with van der Waals surface area (Å²) in [5, 5.41) is 0.715. The number of aromatic nitrogens is 1. The van der Waals surface area contributed by atoms with E-state index in [-0.39, 0.29) is 22.4 Å². The van der Waals surface area contributed by atoms with Crippen LogP contribution in [0.25, 0.3) is 10.9 Å². The molecule has 33 heavy (non-hydrogen) atoms. The van der Waals surface area contributed by atoms with Crippen molar-refractivity contribution in [2.24, 2.45) is 0 Å². The van der Waals surface area contributed by atoms with Gasteiger partial charge >= 0.3 is 0 Å². The number of ether oxygens (including phenoxy) is 2. The Balaban J connectivity index is 1.74. The first-order chi connectivity index (χ1) is 15.8. The molecule has 0 fully saturated rings. The molecule has 6 nitrogen and oxygen atoms in total. The van der Waals surface area contributed by atoms with Crippen LogP contribution in [0.4, 0.5) is 4.39 Å². The van der Waals surface area contributed by atoms with Crippen LogP contribution in [0.5, 0.6) is 11.5 Å². The van der Waals surface area contributed by atoms with E-state index < -0.39 is 15.8 Å². The summed E-state index contributed by atoms with van der Waals surface area (Å²) in [5.41, 5.74) is 2.68. The number of fused-ring (bicyclic) bond motifs is 1. The molecule has 1 aromatic heterocycles. The number of benzene rings is 3. The first-order valence-corrected chi connectivity index (χ1v) is 11.9. The van der Waals surface area contributed by atoms with Crippen LogP contribution < -0.4 is 14.2 Å². The molecule has 3 aromatic carbocycles. The summed E-state index contributed by atoms with van der Waals surface area (Å²) in [6.07, 6.45) is 1.87. The van der Waals surface area contributed by atoms with Crippen molar-refractivity contribution >= 4 is 32.5 Å². The molecular weight excluding hydrogens is 467 g/mol. The molecule has 0 radical (unpaired) electrons. The molecule has 0 saturated heterocycles. The quantitative estimate of drug-likeness (QED) is 0.362. The van der Waals surface area contributed by atoms with Crippen molar-refractivity contribution in [2.75, 3.05) is 20.8 Å². The summed E-state index contributed by atoms with van der Waals surface area (Å²) in [7, 11) is -0.846. The molecule has 0 saturated carbocycles. The Morgan fingerprint density at radius 1 is 1.03 bits per heavy atom. The van der Waals surface area contributed by atoms with Gasteiger partial charge in [-0.1, -0.05) is 35.9 Å². The van der Waals surface area contributed by atoms with Gasteiger partial charge in [0.2, 0.25) is 10.0 Å². The number of aromatic amines is 1. The smallest absolute Gasteiger partial charge is 0.240 e. The number of methoxy groups -OCH3 is 2. The zero-order valence-electron chi connectivity index (χ0n) is 17.9. The molecule has 0 aliphatic rings.